The molecule has 3 atom stereocenters. The highest BCUT2D eigenvalue weighted by Gasteiger charge is 2.43. The molecule has 148 valence electrons. The van der Waals surface area contributed by atoms with Gasteiger partial charge in [-0.1, -0.05) is 30.3 Å². The summed E-state index contributed by atoms with van der Waals surface area (Å²) in [4.78, 5) is 15.0. The monoisotopic (exact) mass is 381 g/mol. The van der Waals surface area contributed by atoms with Crippen LogP contribution in [-0.4, -0.2) is 56.6 Å². The molecule has 3 N–H and O–H groups in total. The van der Waals surface area contributed by atoms with E-state index in [0.717, 1.165) is 25.3 Å². The van der Waals surface area contributed by atoms with Crippen LogP contribution in [0, 0.1) is 0 Å². The van der Waals surface area contributed by atoms with Crippen LogP contribution in [-0.2, 0) is 11.2 Å². The number of nitrogens with one attached hydrogen (secondary N) is 1. The van der Waals surface area contributed by atoms with Gasteiger partial charge in [-0.3, -0.25) is 9.69 Å². The summed E-state index contributed by atoms with van der Waals surface area (Å²) in [5.41, 5.74) is 9.31. The number of carbonyl (C=O) groups excluding carboxylic acids is 1. The molecule has 3 unspecified atom stereocenters. The average Bonchev–Trinajstić information content (AvgIpc) is 2.76. The van der Waals surface area contributed by atoms with Gasteiger partial charge in [0.25, 0.3) is 0 Å². The number of nitrogens with two attached hydrogens (primary N) is 1. The van der Waals surface area contributed by atoms with E-state index in [1.54, 1.807) is 14.2 Å². The summed E-state index contributed by atoms with van der Waals surface area (Å²) in [6.45, 7) is 1.68. The second-order valence-electron chi connectivity index (χ2n) is 7.33. The summed E-state index contributed by atoms with van der Waals surface area (Å²) in [7, 11) is 3.31. The minimum atomic E-state index is -0.258. The molecule has 28 heavy (non-hydrogen) atoms. The third kappa shape index (κ3) is 3.17. The molecule has 1 saturated heterocycles. The fraction of sp³-hybridized carbons (Fsp3) is 0.409. The number of hydrogen-bond acceptors (Lipinski definition) is 6. The minimum absolute atomic E-state index is 0.0524. The molecule has 2 aromatic carbocycles. The van der Waals surface area contributed by atoms with E-state index in [1.165, 1.54) is 16.7 Å². The van der Waals surface area contributed by atoms with E-state index < -0.39 is 0 Å². The molecule has 2 aliphatic rings. The Morgan fingerprint density at radius 2 is 1.89 bits per heavy atom. The van der Waals surface area contributed by atoms with E-state index in [4.69, 9.17) is 15.2 Å². The maximum atomic E-state index is 12.5. The van der Waals surface area contributed by atoms with E-state index in [1.807, 2.05) is 6.07 Å². The Balaban J connectivity index is 1.86. The highest BCUT2D eigenvalue weighted by atomic mass is 16.5. The fourth-order valence-corrected chi connectivity index (χ4v) is 4.63. The van der Waals surface area contributed by atoms with Gasteiger partial charge in [-0.2, -0.15) is 0 Å². The van der Waals surface area contributed by atoms with Crippen molar-refractivity contribution in [1.29, 1.82) is 0 Å². The Labute approximate surface area is 165 Å². The molecule has 2 aromatic rings. The first-order valence-electron chi connectivity index (χ1n) is 9.69. The van der Waals surface area contributed by atoms with Crippen molar-refractivity contribution in [3.05, 3.63) is 59.2 Å². The van der Waals surface area contributed by atoms with Gasteiger partial charge in [-0.15, -0.1) is 0 Å². The number of piperazine rings is 1. The number of methoxy groups -OCH3 is 2. The first-order valence-corrected chi connectivity index (χ1v) is 9.69. The van der Waals surface area contributed by atoms with Gasteiger partial charge in [0.1, 0.15) is 0 Å². The average molecular weight is 381 g/mol. The molecule has 0 saturated carbocycles. The van der Waals surface area contributed by atoms with Crippen molar-refractivity contribution in [2.45, 2.75) is 24.5 Å². The molecule has 0 bridgehead atoms. The third-order valence-corrected chi connectivity index (χ3v) is 5.91. The Bertz CT molecular complexity index is 856. The maximum absolute atomic E-state index is 12.5. The molecule has 4 rings (SSSR count). The number of benzene rings is 2. The van der Waals surface area contributed by atoms with Crippen LogP contribution in [0.15, 0.2) is 42.5 Å². The summed E-state index contributed by atoms with van der Waals surface area (Å²) in [5, 5.41) is 3.40. The van der Waals surface area contributed by atoms with Crippen LogP contribution in [0.2, 0.25) is 0 Å². The topological polar surface area (TPSA) is 76.8 Å². The first kappa shape index (κ1) is 18.9. The zero-order chi connectivity index (χ0) is 19.7. The lowest BCUT2D eigenvalue weighted by atomic mass is 9.80. The van der Waals surface area contributed by atoms with Crippen LogP contribution < -0.4 is 20.5 Å². The Morgan fingerprint density at radius 3 is 2.57 bits per heavy atom. The Kier molecular flexibility index (Phi) is 5.35. The van der Waals surface area contributed by atoms with Gasteiger partial charge >= 0.3 is 0 Å². The van der Waals surface area contributed by atoms with Gasteiger partial charge < -0.3 is 20.5 Å². The predicted octanol–water partition coefficient (Wildman–Crippen LogP) is 1.52. The quantitative estimate of drug-likeness (QED) is 0.818. The van der Waals surface area contributed by atoms with Crippen molar-refractivity contribution in [1.82, 2.24) is 10.2 Å². The SMILES string of the molecule is COc1cc2c(cc1OC)C(c1ccccc1)N1CCNC(C(=O)CN)C1C2. The standard InChI is InChI=1S/C22H27N3O3/c1-27-19-11-15-10-17-21(18(26)13-23)24-8-9-25(17)22(14-6-4-3-5-7-14)16(15)12-20(19)28-2/h3-7,11-12,17,21-22,24H,8-10,13,23H2,1-2H3. The largest absolute Gasteiger partial charge is 0.493 e. The second-order valence-corrected chi connectivity index (χ2v) is 7.33. The van der Waals surface area contributed by atoms with Crippen LogP contribution in [0.25, 0.3) is 0 Å². The van der Waals surface area contributed by atoms with Crippen molar-refractivity contribution in [2.24, 2.45) is 5.73 Å². The molecule has 2 aliphatic heterocycles. The molecule has 6 nitrogen and oxygen atoms in total. The van der Waals surface area contributed by atoms with E-state index in [2.05, 4.69) is 46.6 Å². The highest BCUT2D eigenvalue weighted by Crippen LogP contribution is 2.43. The summed E-state index contributed by atoms with van der Waals surface area (Å²) in [6.07, 6.45) is 0.766. The van der Waals surface area contributed by atoms with Crippen LogP contribution in [0.5, 0.6) is 11.5 Å². The van der Waals surface area contributed by atoms with Crippen LogP contribution in [0.1, 0.15) is 22.7 Å². The number of carbonyl (C=O) groups is 1. The number of Topliss-reactive ketones (excluding diaryl/α,β-unsaturated/α-hetero) is 1. The van der Waals surface area contributed by atoms with E-state index in [9.17, 15) is 4.79 Å². The second kappa shape index (κ2) is 7.91. The van der Waals surface area contributed by atoms with Crippen LogP contribution in [0.4, 0.5) is 0 Å². The van der Waals surface area contributed by atoms with Crippen LogP contribution in [0.3, 0.4) is 0 Å². The van der Waals surface area contributed by atoms with Crippen molar-refractivity contribution in [3.63, 3.8) is 0 Å². The smallest absolute Gasteiger partial charge is 0.164 e. The van der Waals surface area contributed by atoms with Crippen molar-refractivity contribution in [2.75, 3.05) is 33.9 Å². The zero-order valence-corrected chi connectivity index (χ0v) is 16.4. The molecule has 1 fully saturated rings. The number of rotatable bonds is 5. The maximum Gasteiger partial charge on any atom is 0.164 e. The molecule has 0 radical (unpaired) electrons. The number of ether oxygens (including phenoxy) is 2. The lowest BCUT2D eigenvalue weighted by molar-refractivity contribution is -0.123. The van der Waals surface area contributed by atoms with E-state index in [0.29, 0.717) is 5.75 Å². The van der Waals surface area contributed by atoms with Crippen molar-refractivity contribution in [3.8, 4) is 11.5 Å². The van der Waals surface area contributed by atoms with Crippen molar-refractivity contribution < 1.29 is 14.3 Å². The molecule has 0 aliphatic carbocycles. The molecular formula is C22H27N3O3. The molecule has 0 amide bonds. The van der Waals surface area contributed by atoms with Crippen LogP contribution >= 0.6 is 0 Å². The summed E-state index contributed by atoms with van der Waals surface area (Å²) in [6, 6.07) is 14.4. The van der Waals surface area contributed by atoms with E-state index in [-0.39, 0.29) is 30.5 Å². The minimum Gasteiger partial charge on any atom is -0.493 e. The lowest BCUT2D eigenvalue weighted by Gasteiger charge is -2.49. The molecule has 0 spiro atoms. The third-order valence-electron chi connectivity index (χ3n) is 5.91. The molecular weight excluding hydrogens is 354 g/mol. The molecule has 2 heterocycles. The summed E-state index contributed by atoms with van der Waals surface area (Å²) >= 11 is 0. The number of fused-ring (bicyclic) bond motifs is 2. The van der Waals surface area contributed by atoms with Gasteiger partial charge in [-0.25, -0.2) is 0 Å². The van der Waals surface area contributed by atoms with Gasteiger partial charge in [0, 0.05) is 19.1 Å². The Morgan fingerprint density at radius 1 is 1.18 bits per heavy atom. The predicted molar refractivity (Wildman–Crippen MR) is 108 cm³/mol. The molecule has 0 aromatic heterocycles. The lowest BCUT2D eigenvalue weighted by Crippen LogP contribution is -2.64. The number of ketones is 1. The number of nitrogens with zero attached hydrogens (tertiary/aromatic N) is 1. The Hall–Kier alpha value is -2.41. The fourth-order valence-electron chi connectivity index (χ4n) is 4.63. The van der Waals surface area contributed by atoms with Gasteiger partial charge in [-0.05, 0) is 35.2 Å². The van der Waals surface area contributed by atoms with Crippen molar-refractivity contribution >= 4 is 5.78 Å². The van der Waals surface area contributed by atoms with Gasteiger partial charge in [0.05, 0.1) is 32.8 Å². The molecule has 6 heteroatoms. The summed E-state index contributed by atoms with van der Waals surface area (Å²) in [5.74, 6) is 1.50. The normalized spacial score (nSPS) is 24.2. The van der Waals surface area contributed by atoms with E-state index >= 15 is 0 Å². The summed E-state index contributed by atoms with van der Waals surface area (Å²) < 4.78 is 11.1. The van der Waals surface area contributed by atoms with Gasteiger partial charge in [0.2, 0.25) is 0 Å². The number of hydrogen-bond donors (Lipinski definition) is 2. The zero-order valence-electron chi connectivity index (χ0n) is 16.4. The first-order chi connectivity index (χ1) is 13.7. The van der Waals surface area contributed by atoms with Gasteiger partial charge in [0.15, 0.2) is 17.3 Å². The highest BCUT2D eigenvalue weighted by molar-refractivity contribution is 5.86.